The number of carbonyl (C=O) groups is 3. The highest BCUT2D eigenvalue weighted by atomic mass is 19.4. The Balaban J connectivity index is 1.64. The fourth-order valence-electron chi connectivity index (χ4n) is 5.84. The van der Waals surface area contributed by atoms with Crippen molar-refractivity contribution in [1.82, 2.24) is 10.2 Å². The predicted molar refractivity (Wildman–Crippen MR) is 169 cm³/mol. The lowest BCUT2D eigenvalue weighted by atomic mass is 9.73. The van der Waals surface area contributed by atoms with E-state index in [1.165, 1.54) is 17.0 Å². The number of piperidine rings is 1. The standard InChI is InChI=1S/C36H38F3N3O5/c1-34(2,3)47-33(45)42-16-14-29(15-17-42)35(46,31(43)20-23-8-9-28(22-40)30(19-23)36(37,38)39)21-24-6-5-7-27(18-24)25-10-12-26(13-11-25)32(44)41-4/h5-13,18-19,29,46H,14-17,20-21H2,1-4H3,(H,41,44). The van der Waals surface area contributed by atoms with E-state index in [1.54, 1.807) is 64.2 Å². The van der Waals surface area contributed by atoms with Gasteiger partial charge >= 0.3 is 12.3 Å². The van der Waals surface area contributed by atoms with Crippen molar-refractivity contribution in [2.24, 2.45) is 5.92 Å². The number of amides is 2. The first-order valence-electron chi connectivity index (χ1n) is 15.3. The van der Waals surface area contributed by atoms with Crippen LogP contribution in [0.4, 0.5) is 18.0 Å². The number of Topliss-reactive ketones (excluding diaryl/α,β-unsaturated/α-hetero) is 1. The molecule has 248 valence electrons. The summed E-state index contributed by atoms with van der Waals surface area (Å²) in [6, 6.07) is 18.8. The molecule has 1 saturated heterocycles. The molecule has 2 N–H and O–H groups in total. The number of halogens is 3. The molecular weight excluding hydrogens is 611 g/mol. The molecule has 47 heavy (non-hydrogen) atoms. The molecule has 0 saturated carbocycles. The second-order valence-corrected chi connectivity index (χ2v) is 12.8. The SMILES string of the molecule is CNC(=O)c1ccc(-c2cccc(CC(O)(C(=O)Cc3ccc(C#N)c(C(F)(F)F)c3)C3CCN(C(=O)OC(C)(C)C)CC3)c2)cc1. The molecule has 8 nitrogen and oxygen atoms in total. The quantitative estimate of drug-likeness (QED) is 0.294. The van der Waals surface area contributed by atoms with Gasteiger partial charge in [-0.25, -0.2) is 4.79 Å². The molecule has 1 atom stereocenters. The number of hydrogen-bond donors (Lipinski definition) is 2. The number of alkyl halides is 3. The summed E-state index contributed by atoms with van der Waals surface area (Å²) in [4.78, 5) is 40.2. The summed E-state index contributed by atoms with van der Waals surface area (Å²) in [7, 11) is 1.54. The smallest absolute Gasteiger partial charge is 0.417 e. The number of benzene rings is 3. The number of rotatable bonds is 8. The summed E-state index contributed by atoms with van der Waals surface area (Å²) >= 11 is 0. The van der Waals surface area contributed by atoms with E-state index < -0.39 is 52.7 Å². The van der Waals surface area contributed by atoms with Gasteiger partial charge in [-0.1, -0.05) is 42.5 Å². The average molecular weight is 650 g/mol. The molecule has 1 aliphatic rings. The Bertz CT molecular complexity index is 1670. The number of ether oxygens (including phenoxy) is 1. The van der Waals surface area contributed by atoms with E-state index in [0.29, 0.717) is 11.1 Å². The number of hydrogen-bond acceptors (Lipinski definition) is 6. The van der Waals surface area contributed by atoms with Gasteiger partial charge in [0, 0.05) is 38.5 Å². The predicted octanol–water partition coefficient (Wildman–Crippen LogP) is 6.34. The molecule has 3 aromatic rings. The number of likely N-dealkylation sites (tertiary alicyclic amines) is 1. The lowest BCUT2D eigenvalue weighted by molar-refractivity contribution is -0.145. The fourth-order valence-corrected chi connectivity index (χ4v) is 5.84. The lowest BCUT2D eigenvalue weighted by Gasteiger charge is -2.41. The van der Waals surface area contributed by atoms with Crippen molar-refractivity contribution in [3.05, 3.63) is 94.5 Å². The molecule has 1 aliphatic heterocycles. The first-order chi connectivity index (χ1) is 22.0. The molecule has 3 aromatic carbocycles. The minimum Gasteiger partial charge on any atom is -0.444 e. The molecule has 1 fully saturated rings. The number of ketones is 1. The Kier molecular flexibility index (Phi) is 10.5. The van der Waals surface area contributed by atoms with Crippen LogP contribution in [0.5, 0.6) is 0 Å². The first kappa shape index (κ1) is 35.2. The van der Waals surface area contributed by atoms with E-state index in [-0.39, 0.29) is 43.8 Å². The summed E-state index contributed by atoms with van der Waals surface area (Å²) in [5, 5.41) is 24.0. The summed E-state index contributed by atoms with van der Waals surface area (Å²) in [5.74, 6) is -1.49. The molecule has 0 aliphatic carbocycles. The van der Waals surface area contributed by atoms with Gasteiger partial charge in [0.15, 0.2) is 5.78 Å². The van der Waals surface area contributed by atoms with Crippen molar-refractivity contribution in [3.63, 3.8) is 0 Å². The van der Waals surface area contributed by atoms with Crippen LogP contribution >= 0.6 is 0 Å². The van der Waals surface area contributed by atoms with E-state index in [9.17, 15) is 37.9 Å². The van der Waals surface area contributed by atoms with Crippen LogP contribution in [0.25, 0.3) is 11.1 Å². The summed E-state index contributed by atoms with van der Waals surface area (Å²) in [6.45, 7) is 5.72. The Morgan fingerprint density at radius 3 is 2.19 bits per heavy atom. The van der Waals surface area contributed by atoms with Gasteiger partial charge in [-0.05, 0) is 86.1 Å². The maximum atomic E-state index is 14.0. The van der Waals surface area contributed by atoms with Gasteiger partial charge in [0.2, 0.25) is 0 Å². The van der Waals surface area contributed by atoms with Crippen LogP contribution in [0.15, 0.2) is 66.7 Å². The maximum Gasteiger partial charge on any atom is 0.417 e. The molecule has 1 unspecified atom stereocenters. The topological polar surface area (TPSA) is 120 Å². The Labute approximate surface area is 272 Å². The number of nitrogens with one attached hydrogen (secondary N) is 1. The largest absolute Gasteiger partial charge is 0.444 e. The van der Waals surface area contributed by atoms with Gasteiger partial charge in [0.1, 0.15) is 11.2 Å². The second-order valence-electron chi connectivity index (χ2n) is 12.8. The Hall–Kier alpha value is -4.69. The van der Waals surface area contributed by atoms with Gasteiger partial charge in [0.25, 0.3) is 5.91 Å². The zero-order valence-corrected chi connectivity index (χ0v) is 26.8. The van der Waals surface area contributed by atoms with Gasteiger partial charge in [-0.2, -0.15) is 18.4 Å². The van der Waals surface area contributed by atoms with E-state index in [1.807, 2.05) is 12.1 Å². The minimum atomic E-state index is -4.80. The normalized spacial score (nSPS) is 15.3. The number of nitrogens with zero attached hydrogens (tertiary/aromatic N) is 2. The Morgan fingerprint density at radius 2 is 1.62 bits per heavy atom. The molecule has 0 aromatic heterocycles. The van der Waals surface area contributed by atoms with E-state index >= 15 is 0 Å². The monoisotopic (exact) mass is 649 g/mol. The first-order valence-corrected chi connectivity index (χ1v) is 15.3. The molecule has 4 rings (SSSR count). The zero-order chi connectivity index (χ0) is 34.6. The fraction of sp³-hybridized carbons (Fsp3) is 0.389. The number of carbonyl (C=O) groups excluding carboxylic acids is 3. The van der Waals surface area contributed by atoms with Crippen LogP contribution in [0.2, 0.25) is 0 Å². The highest BCUT2D eigenvalue weighted by Gasteiger charge is 2.45. The van der Waals surface area contributed by atoms with Crippen molar-refractivity contribution >= 4 is 17.8 Å². The minimum absolute atomic E-state index is 0.0240. The molecule has 2 amide bonds. The van der Waals surface area contributed by atoms with Crippen LogP contribution in [-0.2, 0) is 28.5 Å². The van der Waals surface area contributed by atoms with Gasteiger partial charge in [0.05, 0.1) is 17.2 Å². The molecule has 0 bridgehead atoms. The van der Waals surface area contributed by atoms with Crippen LogP contribution in [0.1, 0.15) is 66.2 Å². The summed E-state index contributed by atoms with van der Waals surface area (Å²) in [6.07, 6.45) is -5.37. The molecule has 0 spiro atoms. The number of nitriles is 1. The second kappa shape index (κ2) is 14.0. The molecule has 1 heterocycles. The van der Waals surface area contributed by atoms with Crippen LogP contribution in [-0.4, -0.2) is 59.1 Å². The van der Waals surface area contributed by atoms with Crippen molar-refractivity contribution in [3.8, 4) is 17.2 Å². The van der Waals surface area contributed by atoms with E-state index in [2.05, 4.69) is 5.32 Å². The lowest BCUT2D eigenvalue weighted by Crippen LogP contribution is -2.53. The highest BCUT2D eigenvalue weighted by molar-refractivity contribution is 5.94. The highest BCUT2D eigenvalue weighted by Crippen LogP contribution is 2.36. The van der Waals surface area contributed by atoms with Crippen molar-refractivity contribution in [2.75, 3.05) is 20.1 Å². The van der Waals surface area contributed by atoms with Gasteiger partial charge < -0.3 is 20.1 Å². The molecular formula is C36H38F3N3O5. The van der Waals surface area contributed by atoms with Crippen molar-refractivity contribution in [2.45, 2.75) is 63.8 Å². The van der Waals surface area contributed by atoms with Gasteiger partial charge in [-0.15, -0.1) is 0 Å². The zero-order valence-electron chi connectivity index (χ0n) is 26.8. The number of aliphatic hydroxyl groups is 1. The summed E-state index contributed by atoms with van der Waals surface area (Å²) in [5.41, 5.74) is -1.66. The van der Waals surface area contributed by atoms with Crippen LogP contribution < -0.4 is 5.32 Å². The Morgan fingerprint density at radius 1 is 0.957 bits per heavy atom. The third-order valence-electron chi connectivity index (χ3n) is 8.29. The van der Waals surface area contributed by atoms with Gasteiger partial charge in [-0.3, -0.25) is 9.59 Å². The summed E-state index contributed by atoms with van der Waals surface area (Å²) < 4.78 is 46.5. The average Bonchev–Trinajstić information content (AvgIpc) is 3.03. The molecule has 11 heteroatoms. The molecule has 0 radical (unpaired) electrons. The van der Waals surface area contributed by atoms with E-state index in [0.717, 1.165) is 23.3 Å². The van der Waals surface area contributed by atoms with Crippen LogP contribution in [0.3, 0.4) is 0 Å². The third-order valence-corrected chi connectivity index (χ3v) is 8.29. The third kappa shape index (κ3) is 8.57. The maximum absolute atomic E-state index is 14.0. The van der Waals surface area contributed by atoms with Crippen molar-refractivity contribution in [1.29, 1.82) is 5.26 Å². The van der Waals surface area contributed by atoms with Crippen molar-refractivity contribution < 1.29 is 37.4 Å². The van der Waals surface area contributed by atoms with Crippen LogP contribution in [0, 0.1) is 17.2 Å². The van der Waals surface area contributed by atoms with E-state index in [4.69, 9.17) is 4.74 Å².